The van der Waals surface area contributed by atoms with E-state index in [0.29, 0.717) is 40.5 Å². The Morgan fingerprint density at radius 2 is 1.97 bits per heavy atom. The third-order valence-electron chi connectivity index (χ3n) is 5.21. The number of halogens is 1. The van der Waals surface area contributed by atoms with Crippen LogP contribution in [0.3, 0.4) is 0 Å². The first kappa shape index (κ1) is 18.9. The van der Waals surface area contributed by atoms with Crippen LogP contribution >= 0.6 is 0 Å². The molecule has 0 spiro atoms. The standard InChI is InChI=1S/C23H19FN6O/c1-13-4-3-5-14-8-15(10-25-22-21-23(27-11-26-21)29-12-28-22)20(30-19(13)14)17-9-16(24)6-7-18(17)31-2/h3-9,11-12H,10H2,1-2H3,(H2,25,26,27,28,29). The predicted octanol–water partition coefficient (Wildman–Crippen LogP) is 4.64. The summed E-state index contributed by atoms with van der Waals surface area (Å²) in [7, 11) is 1.57. The third-order valence-corrected chi connectivity index (χ3v) is 5.21. The summed E-state index contributed by atoms with van der Waals surface area (Å²) >= 11 is 0. The summed E-state index contributed by atoms with van der Waals surface area (Å²) in [6.45, 7) is 2.42. The lowest BCUT2D eigenvalue weighted by Crippen LogP contribution is -2.06. The number of para-hydroxylation sites is 1. The minimum absolute atomic E-state index is 0.351. The van der Waals surface area contributed by atoms with Crippen LogP contribution in [-0.2, 0) is 6.54 Å². The lowest BCUT2D eigenvalue weighted by atomic mass is 10.0. The summed E-state index contributed by atoms with van der Waals surface area (Å²) in [5.74, 6) is 0.808. The Hall–Kier alpha value is -4.07. The van der Waals surface area contributed by atoms with E-state index in [4.69, 9.17) is 9.72 Å². The minimum atomic E-state index is -0.351. The van der Waals surface area contributed by atoms with E-state index in [-0.39, 0.29) is 5.82 Å². The number of H-pyrrole nitrogens is 1. The number of methoxy groups -OCH3 is 1. The molecule has 0 saturated heterocycles. The van der Waals surface area contributed by atoms with Gasteiger partial charge in [-0.15, -0.1) is 0 Å². The van der Waals surface area contributed by atoms with Gasteiger partial charge in [0.2, 0.25) is 0 Å². The van der Waals surface area contributed by atoms with Crippen molar-refractivity contribution in [1.29, 1.82) is 0 Å². The fourth-order valence-electron chi connectivity index (χ4n) is 3.70. The average molecular weight is 414 g/mol. The molecule has 0 fully saturated rings. The molecule has 31 heavy (non-hydrogen) atoms. The van der Waals surface area contributed by atoms with Gasteiger partial charge >= 0.3 is 0 Å². The molecule has 7 nitrogen and oxygen atoms in total. The van der Waals surface area contributed by atoms with Crippen LogP contribution in [0.5, 0.6) is 5.75 Å². The van der Waals surface area contributed by atoms with Crippen LogP contribution in [-0.4, -0.2) is 32.0 Å². The lowest BCUT2D eigenvalue weighted by molar-refractivity contribution is 0.415. The maximum Gasteiger partial charge on any atom is 0.162 e. The van der Waals surface area contributed by atoms with Gasteiger partial charge in [-0.05, 0) is 42.3 Å². The van der Waals surface area contributed by atoms with Crippen molar-refractivity contribution in [3.63, 3.8) is 0 Å². The maximum absolute atomic E-state index is 14.2. The normalized spacial score (nSPS) is 11.2. The monoisotopic (exact) mass is 414 g/mol. The number of aromatic nitrogens is 5. The van der Waals surface area contributed by atoms with Crippen molar-refractivity contribution in [3.05, 3.63) is 72.1 Å². The fourth-order valence-corrected chi connectivity index (χ4v) is 3.70. The Morgan fingerprint density at radius 1 is 1.06 bits per heavy atom. The van der Waals surface area contributed by atoms with Crippen LogP contribution in [0.15, 0.2) is 55.1 Å². The molecule has 0 amide bonds. The van der Waals surface area contributed by atoms with E-state index in [9.17, 15) is 4.39 Å². The first-order valence-corrected chi connectivity index (χ1v) is 9.75. The molecule has 0 aliphatic rings. The van der Waals surface area contributed by atoms with E-state index in [0.717, 1.165) is 22.0 Å². The SMILES string of the molecule is COc1ccc(F)cc1-c1nc2c(C)cccc2cc1CNc1ncnc2[nH]cnc12. The highest BCUT2D eigenvalue weighted by molar-refractivity contribution is 5.87. The summed E-state index contributed by atoms with van der Waals surface area (Å²) in [5.41, 5.74) is 5.33. The molecular formula is C23H19FN6O. The van der Waals surface area contributed by atoms with Crippen molar-refractivity contribution in [1.82, 2.24) is 24.9 Å². The van der Waals surface area contributed by atoms with Gasteiger partial charge in [0.15, 0.2) is 11.5 Å². The Labute approximate surface area is 177 Å². The second-order valence-electron chi connectivity index (χ2n) is 7.16. The van der Waals surface area contributed by atoms with Gasteiger partial charge in [-0.25, -0.2) is 24.3 Å². The van der Waals surface area contributed by atoms with Crippen molar-refractivity contribution in [2.75, 3.05) is 12.4 Å². The number of hydrogen-bond donors (Lipinski definition) is 2. The average Bonchev–Trinajstić information content (AvgIpc) is 3.27. The number of imidazole rings is 1. The highest BCUT2D eigenvalue weighted by Gasteiger charge is 2.16. The topological polar surface area (TPSA) is 88.6 Å². The van der Waals surface area contributed by atoms with Crippen LogP contribution in [0.4, 0.5) is 10.2 Å². The summed E-state index contributed by atoms with van der Waals surface area (Å²) in [6.07, 6.45) is 3.05. The maximum atomic E-state index is 14.2. The number of nitrogens with one attached hydrogen (secondary N) is 2. The number of aromatic amines is 1. The first-order chi connectivity index (χ1) is 15.1. The largest absolute Gasteiger partial charge is 0.496 e. The van der Waals surface area contributed by atoms with Gasteiger partial charge in [-0.3, -0.25) is 0 Å². The van der Waals surface area contributed by atoms with Gasteiger partial charge in [0.05, 0.1) is 24.6 Å². The van der Waals surface area contributed by atoms with Crippen molar-refractivity contribution < 1.29 is 9.13 Å². The van der Waals surface area contributed by atoms with Crippen LogP contribution in [0.1, 0.15) is 11.1 Å². The molecule has 0 bridgehead atoms. The van der Waals surface area contributed by atoms with Crippen molar-refractivity contribution in [2.24, 2.45) is 0 Å². The molecule has 0 aliphatic heterocycles. The zero-order chi connectivity index (χ0) is 21.4. The smallest absolute Gasteiger partial charge is 0.162 e. The number of ether oxygens (including phenoxy) is 1. The van der Waals surface area contributed by atoms with Crippen molar-refractivity contribution >= 4 is 27.9 Å². The molecular weight excluding hydrogens is 395 g/mol. The predicted molar refractivity (Wildman–Crippen MR) is 117 cm³/mol. The molecule has 2 aromatic carbocycles. The van der Waals surface area contributed by atoms with Crippen LogP contribution in [0.25, 0.3) is 33.3 Å². The molecule has 5 rings (SSSR count). The zero-order valence-corrected chi connectivity index (χ0v) is 17.0. The molecule has 5 aromatic rings. The number of benzene rings is 2. The second kappa shape index (κ2) is 7.64. The van der Waals surface area contributed by atoms with E-state index < -0.39 is 0 Å². The fraction of sp³-hybridized carbons (Fsp3) is 0.130. The molecule has 154 valence electrons. The molecule has 8 heteroatoms. The lowest BCUT2D eigenvalue weighted by Gasteiger charge is -2.15. The Bertz CT molecular complexity index is 1410. The first-order valence-electron chi connectivity index (χ1n) is 9.75. The van der Waals surface area contributed by atoms with Gasteiger partial charge in [0.25, 0.3) is 0 Å². The van der Waals surface area contributed by atoms with E-state index >= 15 is 0 Å². The van der Waals surface area contributed by atoms with E-state index in [1.165, 1.54) is 18.5 Å². The summed E-state index contributed by atoms with van der Waals surface area (Å²) in [5, 5.41) is 4.33. The second-order valence-corrected chi connectivity index (χ2v) is 7.16. The molecule has 0 radical (unpaired) electrons. The van der Waals surface area contributed by atoms with E-state index in [2.05, 4.69) is 31.3 Å². The quantitative estimate of drug-likeness (QED) is 0.436. The minimum Gasteiger partial charge on any atom is -0.496 e. The molecule has 3 aromatic heterocycles. The van der Waals surface area contributed by atoms with Gasteiger partial charge in [-0.2, -0.15) is 0 Å². The number of rotatable bonds is 5. The molecule has 0 unspecified atom stereocenters. The zero-order valence-electron chi connectivity index (χ0n) is 17.0. The molecule has 0 atom stereocenters. The molecule has 0 aliphatic carbocycles. The number of nitrogens with zero attached hydrogens (tertiary/aromatic N) is 4. The van der Waals surface area contributed by atoms with Gasteiger partial charge in [0, 0.05) is 17.5 Å². The number of aryl methyl sites for hydroxylation is 1. The highest BCUT2D eigenvalue weighted by Crippen LogP contribution is 2.34. The summed E-state index contributed by atoms with van der Waals surface area (Å²) in [6, 6.07) is 12.5. The molecule has 0 saturated carbocycles. The van der Waals surface area contributed by atoms with Crippen LogP contribution in [0.2, 0.25) is 0 Å². The Morgan fingerprint density at radius 3 is 2.84 bits per heavy atom. The van der Waals surface area contributed by atoms with E-state index in [1.54, 1.807) is 19.5 Å². The van der Waals surface area contributed by atoms with Crippen LogP contribution in [0, 0.1) is 12.7 Å². The third kappa shape index (κ3) is 3.42. The number of fused-ring (bicyclic) bond motifs is 2. The number of anilines is 1. The van der Waals surface area contributed by atoms with E-state index in [1.807, 2.05) is 25.1 Å². The van der Waals surface area contributed by atoms with Gasteiger partial charge in [-0.1, -0.05) is 18.2 Å². The molecule has 2 N–H and O–H groups in total. The Balaban J connectivity index is 1.65. The van der Waals surface area contributed by atoms with Crippen LogP contribution < -0.4 is 10.1 Å². The number of pyridine rings is 1. The Kier molecular flexibility index (Phi) is 4.66. The number of hydrogen-bond acceptors (Lipinski definition) is 6. The summed E-state index contributed by atoms with van der Waals surface area (Å²) < 4.78 is 19.7. The van der Waals surface area contributed by atoms with Gasteiger partial charge in [0.1, 0.15) is 23.4 Å². The van der Waals surface area contributed by atoms with Crippen molar-refractivity contribution in [2.45, 2.75) is 13.5 Å². The summed E-state index contributed by atoms with van der Waals surface area (Å²) in [4.78, 5) is 20.7. The highest BCUT2D eigenvalue weighted by atomic mass is 19.1. The van der Waals surface area contributed by atoms with Gasteiger partial charge < -0.3 is 15.0 Å². The molecule has 3 heterocycles. The van der Waals surface area contributed by atoms with Crippen molar-refractivity contribution in [3.8, 4) is 17.0 Å².